The van der Waals surface area contributed by atoms with Crippen molar-refractivity contribution < 1.29 is 4.79 Å². The predicted molar refractivity (Wildman–Crippen MR) is 103 cm³/mol. The molecule has 0 spiro atoms. The highest BCUT2D eigenvalue weighted by Gasteiger charge is 2.20. The molecule has 0 bridgehead atoms. The Balaban J connectivity index is 2.07. The summed E-state index contributed by atoms with van der Waals surface area (Å²) in [6.07, 6.45) is 0. The van der Waals surface area contributed by atoms with Crippen molar-refractivity contribution in [2.45, 2.75) is 13.8 Å². The van der Waals surface area contributed by atoms with Crippen molar-refractivity contribution >= 4 is 40.0 Å². The Kier molecular flexibility index (Phi) is 5.14. The molecular weight excluding hydrogens is 336 g/mol. The van der Waals surface area contributed by atoms with E-state index in [9.17, 15) is 4.79 Å². The second-order valence-corrected chi connectivity index (χ2v) is 5.90. The summed E-state index contributed by atoms with van der Waals surface area (Å²) < 4.78 is 0. The standard InChI is InChI=1S/C19H19ClN4O/c1-3-24(4-2)18-17(21-15-11-7-8-12-16(15)22-18)19(25)23-14-10-6-5-9-13(14)20/h5-12H,3-4H2,1-2H3,(H,23,25). The van der Waals surface area contributed by atoms with Crippen LogP contribution in [0.4, 0.5) is 11.5 Å². The lowest BCUT2D eigenvalue weighted by Gasteiger charge is -2.22. The molecule has 6 heteroatoms. The summed E-state index contributed by atoms with van der Waals surface area (Å²) in [5, 5.41) is 3.32. The lowest BCUT2D eigenvalue weighted by molar-refractivity contribution is 0.102. The number of halogens is 1. The van der Waals surface area contributed by atoms with Gasteiger partial charge in [-0.15, -0.1) is 0 Å². The molecule has 3 aromatic rings. The second-order valence-electron chi connectivity index (χ2n) is 5.49. The van der Waals surface area contributed by atoms with Crippen molar-refractivity contribution in [3.05, 3.63) is 59.2 Å². The van der Waals surface area contributed by atoms with Crippen LogP contribution in [-0.4, -0.2) is 29.0 Å². The Bertz CT molecular complexity index is 909. The van der Waals surface area contributed by atoms with E-state index in [1.807, 2.05) is 55.1 Å². The molecule has 0 radical (unpaired) electrons. The van der Waals surface area contributed by atoms with Gasteiger partial charge in [0.1, 0.15) is 0 Å². The van der Waals surface area contributed by atoms with Gasteiger partial charge in [0, 0.05) is 13.1 Å². The summed E-state index contributed by atoms with van der Waals surface area (Å²) in [5.41, 5.74) is 2.29. The third-order valence-corrected chi connectivity index (χ3v) is 4.28. The van der Waals surface area contributed by atoms with Crippen LogP contribution in [0.15, 0.2) is 48.5 Å². The second kappa shape index (κ2) is 7.49. The molecule has 0 aliphatic carbocycles. The number of amides is 1. The maximum Gasteiger partial charge on any atom is 0.278 e. The average Bonchev–Trinajstić information content (AvgIpc) is 2.64. The number of carbonyl (C=O) groups is 1. The SMILES string of the molecule is CCN(CC)c1nc2ccccc2nc1C(=O)Nc1ccccc1Cl. The quantitative estimate of drug-likeness (QED) is 0.738. The van der Waals surface area contributed by atoms with E-state index in [2.05, 4.69) is 15.3 Å². The summed E-state index contributed by atoms with van der Waals surface area (Å²) >= 11 is 6.15. The molecule has 0 unspecified atom stereocenters. The molecule has 0 fully saturated rings. The number of benzene rings is 2. The van der Waals surface area contributed by atoms with Gasteiger partial charge in [-0.3, -0.25) is 4.79 Å². The monoisotopic (exact) mass is 354 g/mol. The number of rotatable bonds is 5. The highest BCUT2D eigenvalue weighted by Crippen LogP contribution is 2.24. The number of fused-ring (bicyclic) bond motifs is 1. The van der Waals surface area contributed by atoms with Crippen molar-refractivity contribution in [2.75, 3.05) is 23.3 Å². The van der Waals surface area contributed by atoms with E-state index in [0.717, 1.165) is 18.6 Å². The molecule has 128 valence electrons. The van der Waals surface area contributed by atoms with Gasteiger partial charge in [-0.25, -0.2) is 9.97 Å². The molecule has 0 atom stereocenters. The van der Waals surface area contributed by atoms with Crippen LogP contribution in [0.3, 0.4) is 0 Å². The van der Waals surface area contributed by atoms with Gasteiger partial charge in [-0.2, -0.15) is 0 Å². The zero-order valence-electron chi connectivity index (χ0n) is 14.2. The Morgan fingerprint density at radius 2 is 1.60 bits per heavy atom. The highest BCUT2D eigenvalue weighted by atomic mass is 35.5. The number of aromatic nitrogens is 2. The van der Waals surface area contributed by atoms with Crippen LogP contribution in [0, 0.1) is 0 Å². The third-order valence-electron chi connectivity index (χ3n) is 3.95. The number of nitrogens with one attached hydrogen (secondary N) is 1. The molecule has 1 amide bonds. The Hall–Kier alpha value is -2.66. The first-order chi connectivity index (χ1) is 12.1. The van der Waals surface area contributed by atoms with Gasteiger partial charge in [-0.05, 0) is 38.1 Å². The maximum atomic E-state index is 12.9. The fraction of sp³-hybridized carbons (Fsp3) is 0.211. The summed E-state index contributed by atoms with van der Waals surface area (Å²) in [7, 11) is 0. The summed E-state index contributed by atoms with van der Waals surface area (Å²) in [5.74, 6) is 0.251. The van der Waals surface area contributed by atoms with Crippen LogP contribution in [0.5, 0.6) is 0 Å². The van der Waals surface area contributed by atoms with Gasteiger partial charge < -0.3 is 10.2 Å². The van der Waals surface area contributed by atoms with Gasteiger partial charge in [0.05, 0.1) is 21.7 Å². The van der Waals surface area contributed by atoms with E-state index in [1.54, 1.807) is 12.1 Å². The Morgan fingerprint density at radius 1 is 1.00 bits per heavy atom. The number of anilines is 2. The predicted octanol–water partition coefficient (Wildman–Crippen LogP) is 4.38. The van der Waals surface area contributed by atoms with Crippen molar-refractivity contribution in [1.29, 1.82) is 0 Å². The summed E-state index contributed by atoms with van der Waals surface area (Å²) in [4.78, 5) is 24.1. The molecule has 5 nitrogen and oxygen atoms in total. The minimum atomic E-state index is -0.326. The molecule has 2 aromatic carbocycles. The molecule has 1 N–H and O–H groups in total. The van der Waals surface area contributed by atoms with E-state index in [0.29, 0.717) is 27.7 Å². The molecule has 1 aromatic heterocycles. The van der Waals surface area contributed by atoms with Gasteiger partial charge >= 0.3 is 0 Å². The molecule has 25 heavy (non-hydrogen) atoms. The molecule has 0 aliphatic rings. The largest absolute Gasteiger partial charge is 0.355 e. The number of hydrogen-bond donors (Lipinski definition) is 1. The van der Waals surface area contributed by atoms with Crippen LogP contribution in [0.25, 0.3) is 11.0 Å². The van der Waals surface area contributed by atoms with Gasteiger partial charge in [-0.1, -0.05) is 35.9 Å². The molecular formula is C19H19ClN4O. The van der Waals surface area contributed by atoms with Gasteiger partial charge in [0.25, 0.3) is 5.91 Å². The van der Waals surface area contributed by atoms with Gasteiger partial charge in [0.15, 0.2) is 11.5 Å². The average molecular weight is 355 g/mol. The van der Waals surface area contributed by atoms with Crippen molar-refractivity contribution in [2.24, 2.45) is 0 Å². The first-order valence-corrected chi connectivity index (χ1v) is 8.59. The fourth-order valence-electron chi connectivity index (χ4n) is 2.63. The summed E-state index contributed by atoms with van der Waals surface area (Å²) in [6, 6.07) is 14.6. The van der Waals surface area contributed by atoms with E-state index >= 15 is 0 Å². The minimum Gasteiger partial charge on any atom is -0.355 e. The molecule has 3 rings (SSSR count). The van der Waals surface area contributed by atoms with Crippen LogP contribution < -0.4 is 10.2 Å². The zero-order valence-corrected chi connectivity index (χ0v) is 14.9. The molecule has 0 saturated heterocycles. The smallest absolute Gasteiger partial charge is 0.278 e. The van der Waals surface area contributed by atoms with Crippen molar-refractivity contribution in [1.82, 2.24) is 9.97 Å². The van der Waals surface area contributed by atoms with E-state index in [1.165, 1.54) is 0 Å². The lowest BCUT2D eigenvalue weighted by atomic mass is 10.2. The molecule has 0 aliphatic heterocycles. The van der Waals surface area contributed by atoms with Crippen LogP contribution >= 0.6 is 11.6 Å². The van der Waals surface area contributed by atoms with E-state index in [-0.39, 0.29) is 5.91 Å². The third kappa shape index (κ3) is 3.56. The normalized spacial score (nSPS) is 10.7. The van der Waals surface area contributed by atoms with Crippen molar-refractivity contribution in [3.63, 3.8) is 0 Å². The minimum absolute atomic E-state index is 0.294. The molecule has 0 saturated carbocycles. The zero-order chi connectivity index (χ0) is 17.8. The summed E-state index contributed by atoms with van der Waals surface area (Å²) in [6.45, 7) is 5.51. The van der Waals surface area contributed by atoms with Gasteiger partial charge in [0.2, 0.25) is 0 Å². The highest BCUT2D eigenvalue weighted by molar-refractivity contribution is 6.33. The van der Waals surface area contributed by atoms with Crippen LogP contribution in [0.1, 0.15) is 24.3 Å². The number of hydrogen-bond acceptors (Lipinski definition) is 4. The van der Waals surface area contributed by atoms with Crippen molar-refractivity contribution in [3.8, 4) is 0 Å². The Labute approximate surface area is 151 Å². The number of nitrogens with zero attached hydrogens (tertiary/aromatic N) is 3. The van der Waals surface area contributed by atoms with Crippen LogP contribution in [0.2, 0.25) is 5.02 Å². The lowest BCUT2D eigenvalue weighted by Crippen LogP contribution is -2.28. The van der Waals surface area contributed by atoms with E-state index in [4.69, 9.17) is 11.6 Å². The maximum absolute atomic E-state index is 12.9. The van der Waals surface area contributed by atoms with Crippen LogP contribution in [-0.2, 0) is 0 Å². The number of carbonyl (C=O) groups excluding carboxylic acids is 1. The first-order valence-electron chi connectivity index (χ1n) is 8.21. The first kappa shape index (κ1) is 17.2. The topological polar surface area (TPSA) is 58.1 Å². The Morgan fingerprint density at radius 3 is 2.24 bits per heavy atom. The fourth-order valence-corrected chi connectivity index (χ4v) is 2.81. The molecule has 1 heterocycles. The number of para-hydroxylation sites is 3. The van der Waals surface area contributed by atoms with E-state index < -0.39 is 0 Å².